The summed E-state index contributed by atoms with van der Waals surface area (Å²) >= 11 is 0. The van der Waals surface area contributed by atoms with Crippen LogP contribution >= 0.6 is 0 Å². The van der Waals surface area contributed by atoms with Crippen molar-refractivity contribution in [3.05, 3.63) is 60.2 Å². The zero-order valence-electron chi connectivity index (χ0n) is 16.4. The summed E-state index contributed by atoms with van der Waals surface area (Å²) in [6.45, 7) is 0.956. The van der Waals surface area contributed by atoms with Crippen molar-refractivity contribution in [1.29, 1.82) is 0 Å². The number of hydrogen-bond acceptors (Lipinski definition) is 5. The third-order valence-electron chi connectivity index (χ3n) is 4.81. The Labute approximate surface area is 173 Å². The van der Waals surface area contributed by atoms with Gasteiger partial charge in [0.15, 0.2) is 0 Å². The Bertz CT molecular complexity index is 843. The fraction of sp³-hybridized carbons (Fsp3) is 0.333. The number of nitrogens with one attached hydrogen (secondary N) is 2. The molecule has 0 unspecified atom stereocenters. The molecule has 30 heavy (non-hydrogen) atoms. The van der Waals surface area contributed by atoms with Crippen molar-refractivity contribution in [1.82, 2.24) is 15.8 Å². The van der Waals surface area contributed by atoms with E-state index in [2.05, 4.69) is 37.5 Å². The van der Waals surface area contributed by atoms with Gasteiger partial charge in [0.1, 0.15) is 5.75 Å². The van der Waals surface area contributed by atoms with Crippen LogP contribution in [0.1, 0.15) is 16.8 Å². The molecule has 0 bridgehead atoms. The highest BCUT2D eigenvalue weighted by Crippen LogP contribution is 2.20. The van der Waals surface area contributed by atoms with Crippen molar-refractivity contribution in [2.45, 2.75) is 13.0 Å². The second kappa shape index (κ2) is 10.5. The fourth-order valence-electron chi connectivity index (χ4n) is 3.24. The number of hydrogen-bond donors (Lipinski definition) is 2. The molecule has 160 valence electrons. The highest BCUT2D eigenvalue weighted by molar-refractivity contribution is 5.97. The first-order valence-electron chi connectivity index (χ1n) is 9.68. The summed E-state index contributed by atoms with van der Waals surface area (Å²) in [5.74, 6) is -1.34. The third-order valence-corrected chi connectivity index (χ3v) is 4.81. The van der Waals surface area contributed by atoms with Gasteiger partial charge < -0.3 is 9.64 Å². The quantitative estimate of drug-likeness (QED) is 0.675. The van der Waals surface area contributed by atoms with Crippen LogP contribution in [0, 0.1) is 0 Å². The van der Waals surface area contributed by atoms with Crippen LogP contribution in [0.2, 0.25) is 0 Å². The maximum Gasteiger partial charge on any atom is 0.387 e. The number of halogens is 2. The Morgan fingerprint density at radius 3 is 2.30 bits per heavy atom. The second-order valence-electron chi connectivity index (χ2n) is 6.79. The molecule has 0 aliphatic carbocycles. The predicted molar refractivity (Wildman–Crippen MR) is 108 cm³/mol. The molecular weight excluding hydrogens is 394 g/mol. The minimum atomic E-state index is -3.05. The van der Waals surface area contributed by atoms with E-state index < -0.39 is 12.5 Å². The van der Waals surface area contributed by atoms with E-state index >= 15 is 0 Å². The number of benzene rings is 2. The topological polar surface area (TPSA) is 73.9 Å². The van der Waals surface area contributed by atoms with Gasteiger partial charge in [0, 0.05) is 44.8 Å². The van der Waals surface area contributed by atoms with Gasteiger partial charge in [-0.1, -0.05) is 30.3 Å². The summed E-state index contributed by atoms with van der Waals surface area (Å²) in [4.78, 5) is 28.7. The molecule has 1 aliphatic rings. The summed E-state index contributed by atoms with van der Waals surface area (Å²) in [7, 11) is 0. The SMILES string of the molecule is O=C(CCN1CCN(c2ccccc2)CC1)NNC(=O)c1ccccc1OC(F)F. The number of alkyl halides is 2. The van der Waals surface area contributed by atoms with Crippen molar-refractivity contribution in [3.63, 3.8) is 0 Å². The number of carbonyl (C=O) groups excluding carboxylic acids is 2. The first-order valence-corrected chi connectivity index (χ1v) is 9.68. The van der Waals surface area contributed by atoms with Gasteiger partial charge in [-0.05, 0) is 24.3 Å². The van der Waals surface area contributed by atoms with Gasteiger partial charge in [-0.15, -0.1) is 0 Å². The Hall–Kier alpha value is -3.20. The van der Waals surface area contributed by atoms with Gasteiger partial charge in [-0.2, -0.15) is 8.78 Å². The number of ether oxygens (including phenoxy) is 1. The zero-order chi connectivity index (χ0) is 21.3. The summed E-state index contributed by atoms with van der Waals surface area (Å²) in [6.07, 6.45) is 0.209. The minimum absolute atomic E-state index is 0.0878. The van der Waals surface area contributed by atoms with E-state index in [-0.39, 0.29) is 23.6 Å². The second-order valence-corrected chi connectivity index (χ2v) is 6.79. The van der Waals surface area contributed by atoms with Gasteiger partial charge in [-0.3, -0.25) is 25.3 Å². The monoisotopic (exact) mass is 418 g/mol. The first kappa shape index (κ1) is 21.5. The van der Waals surface area contributed by atoms with E-state index in [0.717, 1.165) is 26.2 Å². The molecule has 2 amide bonds. The highest BCUT2D eigenvalue weighted by atomic mass is 19.3. The molecule has 0 radical (unpaired) electrons. The lowest BCUT2D eigenvalue weighted by Gasteiger charge is -2.36. The molecule has 3 rings (SSSR count). The number of para-hydroxylation sites is 2. The molecule has 0 spiro atoms. The van der Waals surface area contributed by atoms with Crippen LogP contribution in [0.15, 0.2) is 54.6 Å². The van der Waals surface area contributed by atoms with Crippen LogP contribution in [-0.4, -0.2) is 56.0 Å². The largest absolute Gasteiger partial charge is 0.434 e. The van der Waals surface area contributed by atoms with E-state index in [1.54, 1.807) is 0 Å². The molecule has 1 heterocycles. The van der Waals surface area contributed by atoms with E-state index in [1.807, 2.05) is 18.2 Å². The van der Waals surface area contributed by atoms with Crippen LogP contribution < -0.4 is 20.5 Å². The number of rotatable bonds is 7. The van der Waals surface area contributed by atoms with Crippen LogP contribution in [0.25, 0.3) is 0 Å². The number of hydrazine groups is 1. The van der Waals surface area contributed by atoms with Crippen molar-refractivity contribution >= 4 is 17.5 Å². The van der Waals surface area contributed by atoms with Crippen molar-refractivity contribution in [2.75, 3.05) is 37.6 Å². The average Bonchev–Trinajstić information content (AvgIpc) is 2.77. The van der Waals surface area contributed by atoms with Gasteiger partial charge in [0.2, 0.25) is 5.91 Å². The van der Waals surface area contributed by atoms with Crippen LogP contribution in [0.3, 0.4) is 0 Å². The maximum atomic E-state index is 12.4. The van der Waals surface area contributed by atoms with Gasteiger partial charge in [0.25, 0.3) is 5.91 Å². The molecule has 0 atom stereocenters. The zero-order valence-corrected chi connectivity index (χ0v) is 16.4. The fourth-order valence-corrected chi connectivity index (χ4v) is 3.24. The molecule has 1 aliphatic heterocycles. The van der Waals surface area contributed by atoms with E-state index in [4.69, 9.17) is 0 Å². The van der Waals surface area contributed by atoms with Crippen molar-refractivity contribution < 1.29 is 23.1 Å². The number of anilines is 1. The van der Waals surface area contributed by atoms with E-state index in [9.17, 15) is 18.4 Å². The lowest BCUT2D eigenvalue weighted by Crippen LogP contribution is -2.48. The Kier molecular flexibility index (Phi) is 7.56. The van der Waals surface area contributed by atoms with Gasteiger partial charge >= 0.3 is 6.61 Å². The number of amides is 2. The maximum absolute atomic E-state index is 12.4. The van der Waals surface area contributed by atoms with Gasteiger partial charge in [-0.25, -0.2) is 0 Å². The van der Waals surface area contributed by atoms with Gasteiger partial charge in [0.05, 0.1) is 5.56 Å². The van der Waals surface area contributed by atoms with Crippen molar-refractivity contribution in [3.8, 4) is 5.75 Å². The summed E-state index contributed by atoms with van der Waals surface area (Å²) in [6, 6.07) is 15.8. The van der Waals surface area contributed by atoms with Crippen LogP contribution in [0.4, 0.5) is 14.5 Å². The number of nitrogens with zero attached hydrogens (tertiary/aromatic N) is 2. The van der Waals surface area contributed by atoms with E-state index in [1.165, 1.54) is 30.0 Å². The molecule has 7 nitrogen and oxygen atoms in total. The molecular formula is C21H24F2N4O3. The summed E-state index contributed by atoms with van der Waals surface area (Å²) < 4.78 is 29.2. The minimum Gasteiger partial charge on any atom is -0.434 e. The molecule has 9 heteroatoms. The molecule has 1 fully saturated rings. The third kappa shape index (κ3) is 6.15. The average molecular weight is 418 g/mol. The summed E-state index contributed by atoms with van der Waals surface area (Å²) in [5.41, 5.74) is 5.66. The molecule has 0 saturated carbocycles. The molecule has 1 saturated heterocycles. The Balaban J connectivity index is 1.39. The number of piperazine rings is 1. The van der Waals surface area contributed by atoms with Crippen LogP contribution in [-0.2, 0) is 4.79 Å². The predicted octanol–water partition coefficient (Wildman–Crippen LogP) is 2.26. The summed E-state index contributed by atoms with van der Waals surface area (Å²) in [5, 5.41) is 0. The highest BCUT2D eigenvalue weighted by Gasteiger charge is 2.19. The number of carbonyl (C=O) groups is 2. The first-order chi connectivity index (χ1) is 14.5. The molecule has 2 N–H and O–H groups in total. The smallest absolute Gasteiger partial charge is 0.387 e. The molecule has 2 aromatic rings. The van der Waals surface area contributed by atoms with E-state index in [0.29, 0.717) is 6.54 Å². The normalized spacial score (nSPS) is 14.4. The lowest BCUT2D eigenvalue weighted by molar-refractivity contribution is -0.122. The van der Waals surface area contributed by atoms with Crippen LogP contribution in [0.5, 0.6) is 5.75 Å². The lowest BCUT2D eigenvalue weighted by atomic mass is 10.2. The standard InChI is InChI=1S/C21H24F2N4O3/c22-21(23)30-18-9-5-4-8-17(18)20(29)25-24-19(28)10-11-26-12-14-27(15-13-26)16-6-2-1-3-7-16/h1-9,21H,10-15H2,(H,24,28)(H,25,29). The Morgan fingerprint density at radius 2 is 1.60 bits per heavy atom. The Morgan fingerprint density at radius 1 is 0.933 bits per heavy atom. The molecule has 0 aromatic heterocycles. The molecule has 2 aromatic carbocycles. The van der Waals surface area contributed by atoms with Crippen molar-refractivity contribution in [2.24, 2.45) is 0 Å².